The number of thiophene rings is 1. The molecule has 1 aromatic heterocycles. The maximum absolute atomic E-state index is 12.5. The minimum Gasteiger partial charge on any atom is -0.486 e. The van der Waals surface area contributed by atoms with Crippen LogP contribution in [0.15, 0.2) is 47.6 Å². The first kappa shape index (κ1) is 16.9. The van der Waals surface area contributed by atoms with Crippen LogP contribution in [0.1, 0.15) is 22.2 Å². The van der Waals surface area contributed by atoms with E-state index in [1.165, 1.54) is 11.3 Å². The molecule has 0 spiro atoms. The summed E-state index contributed by atoms with van der Waals surface area (Å²) in [7, 11) is 0. The molecular weight excluding hydrogens is 372 g/mol. The Bertz CT molecular complexity index is 1030. The Kier molecular flexibility index (Phi) is 4.53. The van der Waals surface area contributed by atoms with Crippen molar-refractivity contribution in [2.24, 2.45) is 5.10 Å². The van der Waals surface area contributed by atoms with Gasteiger partial charge in [-0.1, -0.05) is 29.8 Å². The summed E-state index contributed by atoms with van der Waals surface area (Å²) in [5.41, 5.74) is 4.09. The zero-order chi connectivity index (χ0) is 18.1. The molecule has 132 valence electrons. The molecule has 1 N–H and O–H groups in total. The van der Waals surface area contributed by atoms with Gasteiger partial charge in [0.15, 0.2) is 11.5 Å². The number of ether oxygens (including phenoxy) is 2. The van der Waals surface area contributed by atoms with Gasteiger partial charge in [0, 0.05) is 15.6 Å². The van der Waals surface area contributed by atoms with E-state index in [9.17, 15) is 4.79 Å². The van der Waals surface area contributed by atoms with Gasteiger partial charge in [0.25, 0.3) is 5.91 Å². The number of carbonyl (C=O) groups is 1. The van der Waals surface area contributed by atoms with Gasteiger partial charge in [-0.25, -0.2) is 5.43 Å². The highest BCUT2D eigenvalue weighted by Crippen LogP contribution is 2.35. The zero-order valence-corrected chi connectivity index (χ0v) is 15.5. The minimum absolute atomic E-state index is 0.326. The Morgan fingerprint density at radius 3 is 2.73 bits per heavy atom. The van der Waals surface area contributed by atoms with Crippen molar-refractivity contribution < 1.29 is 14.3 Å². The fourth-order valence-corrected chi connectivity index (χ4v) is 4.09. The molecule has 0 bridgehead atoms. The standard InChI is InChI=1S/C19H15ClN2O3S/c1-11(12-6-7-14-15(10-12)25-9-8-24-14)21-22-19(23)18-17(20)13-4-2-3-5-16(13)26-18/h2-7,10H,8-9H2,1H3,(H,22,23). The van der Waals surface area contributed by atoms with E-state index in [1.54, 1.807) is 0 Å². The second kappa shape index (κ2) is 6.97. The number of benzene rings is 2. The lowest BCUT2D eigenvalue weighted by atomic mass is 10.1. The Morgan fingerprint density at radius 1 is 1.15 bits per heavy atom. The molecule has 0 fully saturated rings. The summed E-state index contributed by atoms with van der Waals surface area (Å²) in [6.45, 7) is 2.89. The van der Waals surface area contributed by atoms with Crippen LogP contribution in [0.5, 0.6) is 11.5 Å². The van der Waals surface area contributed by atoms with Crippen molar-refractivity contribution in [3.8, 4) is 11.5 Å². The largest absolute Gasteiger partial charge is 0.486 e. The summed E-state index contributed by atoms with van der Waals surface area (Å²) in [5, 5.41) is 5.53. The second-order valence-electron chi connectivity index (χ2n) is 5.74. The molecule has 1 aliphatic rings. The van der Waals surface area contributed by atoms with Crippen molar-refractivity contribution in [1.29, 1.82) is 0 Å². The number of hydrogen-bond donors (Lipinski definition) is 1. The third kappa shape index (κ3) is 3.13. The van der Waals surface area contributed by atoms with Crippen molar-refractivity contribution in [3.63, 3.8) is 0 Å². The quantitative estimate of drug-likeness (QED) is 0.533. The van der Waals surface area contributed by atoms with Crippen molar-refractivity contribution in [3.05, 3.63) is 57.9 Å². The monoisotopic (exact) mass is 386 g/mol. The number of rotatable bonds is 3. The van der Waals surface area contributed by atoms with Gasteiger partial charge < -0.3 is 9.47 Å². The van der Waals surface area contributed by atoms with Crippen LogP contribution in [-0.4, -0.2) is 24.8 Å². The van der Waals surface area contributed by atoms with Crippen molar-refractivity contribution in [1.82, 2.24) is 5.43 Å². The molecule has 1 amide bonds. The third-order valence-corrected chi connectivity index (χ3v) is 5.70. The molecule has 0 unspecified atom stereocenters. The molecule has 5 nitrogen and oxygen atoms in total. The Hall–Kier alpha value is -2.57. The van der Waals surface area contributed by atoms with Gasteiger partial charge >= 0.3 is 0 Å². The van der Waals surface area contributed by atoms with Gasteiger partial charge in [-0.15, -0.1) is 11.3 Å². The molecule has 26 heavy (non-hydrogen) atoms. The van der Waals surface area contributed by atoms with Crippen LogP contribution in [0.25, 0.3) is 10.1 Å². The van der Waals surface area contributed by atoms with Crippen molar-refractivity contribution in [2.45, 2.75) is 6.92 Å². The van der Waals surface area contributed by atoms with Crippen LogP contribution in [0, 0.1) is 0 Å². The first-order chi connectivity index (χ1) is 12.6. The molecule has 0 radical (unpaired) electrons. The molecule has 0 atom stereocenters. The lowest BCUT2D eigenvalue weighted by molar-refractivity contribution is 0.0959. The molecule has 7 heteroatoms. The third-order valence-electron chi connectivity index (χ3n) is 4.03. The van der Waals surface area contributed by atoms with Gasteiger partial charge in [0.1, 0.15) is 18.1 Å². The predicted molar refractivity (Wildman–Crippen MR) is 104 cm³/mol. The Balaban J connectivity index is 1.55. The SMILES string of the molecule is CC(=NNC(=O)c1sc2ccccc2c1Cl)c1ccc2c(c1)OCCO2. The van der Waals surface area contributed by atoms with Crippen molar-refractivity contribution in [2.75, 3.05) is 13.2 Å². The van der Waals surface area contributed by atoms with Crippen LogP contribution >= 0.6 is 22.9 Å². The van der Waals surface area contributed by atoms with E-state index in [2.05, 4.69) is 10.5 Å². The van der Waals surface area contributed by atoms with Gasteiger partial charge in [-0.2, -0.15) is 5.10 Å². The molecular formula is C19H15ClN2O3S. The average Bonchev–Trinajstić information content (AvgIpc) is 3.02. The van der Waals surface area contributed by atoms with E-state index in [4.69, 9.17) is 21.1 Å². The number of amides is 1. The first-order valence-electron chi connectivity index (χ1n) is 8.05. The van der Waals surface area contributed by atoms with E-state index in [1.807, 2.05) is 49.4 Å². The van der Waals surface area contributed by atoms with Gasteiger partial charge in [-0.05, 0) is 31.2 Å². The van der Waals surface area contributed by atoms with Crippen LogP contribution in [0.2, 0.25) is 5.02 Å². The van der Waals surface area contributed by atoms with E-state index < -0.39 is 0 Å². The molecule has 0 saturated carbocycles. The van der Waals surface area contributed by atoms with Crippen LogP contribution in [0.4, 0.5) is 0 Å². The highest BCUT2D eigenvalue weighted by atomic mass is 35.5. The van der Waals surface area contributed by atoms with Gasteiger partial charge in [0.2, 0.25) is 0 Å². The smallest absolute Gasteiger partial charge is 0.283 e. The summed E-state index contributed by atoms with van der Waals surface area (Å²) >= 11 is 7.68. The van der Waals surface area contributed by atoms with Gasteiger partial charge in [0.05, 0.1) is 10.7 Å². The molecule has 0 saturated heterocycles. The number of fused-ring (bicyclic) bond motifs is 2. The topological polar surface area (TPSA) is 59.9 Å². The number of carbonyl (C=O) groups excluding carboxylic acids is 1. The number of nitrogens with one attached hydrogen (secondary N) is 1. The second-order valence-corrected chi connectivity index (χ2v) is 7.17. The normalized spacial score (nSPS) is 13.7. The molecule has 2 aromatic carbocycles. The summed E-state index contributed by atoms with van der Waals surface area (Å²) in [5.74, 6) is 1.07. The number of hydrogen-bond acceptors (Lipinski definition) is 5. The highest BCUT2D eigenvalue weighted by Gasteiger charge is 2.17. The predicted octanol–water partition coefficient (Wildman–Crippen LogP) is 4.48. The van der Waals surface area contributed by atoms with E-state index >= 15 is 0 Å². The fourth-order valence-electron chi connectivity index (χ4n) is 2.68. The van der Waals surface area contributed by atoms with Crippen LogP contribution in [0.3, 0.4) is 0 Å². The Morgan fingerprint density at radius 2 is 1.92 bits per heavy atom. The zero-order valence-electron chi connectivity index (χ0n) is 13.9. The summed E-state index contributed by atoms with van der Waals surface area (Å²) in [6, 6.07) is 13.2. The maximum Gasteiger partial charge on any atom is 0.283 e. The summed E-state index contributed by atoms with van der Waals surface area (Å²) in [6.07, 6.45) is 0. The molecule has 3 aromatic rings. The maximum atomic E-state index is 12.5. The summed E-state index contributed by atoms with van der Waals surface area (Å²) in [4.78, 5) is 12.9. The van der Waals surface area contributed by atoms with Gasteiger partial charge in [-0.3, -0.25) is 4.79 Å². The number of halogens is 1. The fraction of sp³-hybridized carbons (Fsp3) is 0.158. The summed E-state index contributed by atoms with van der Waals surface area (Å²) < 4.78 is 12.1. The van der Waals surface area contributed by atoms with E-state index in [0.717, 1.165) is 15.6 Å². The van der Waals surface area contributed by atoms with Crippen molar-refractivity contribution >= 4 is 44.6 Å². The van der Waals surface area contributed by atoms with E-state index in [0.29, 0.717) is 40.3 Å². The minimum atomic E-state index is -0.326. The van der Waals surface area contributed by atoms with Crippen LogP contribution < -0.4 is 14.9 Å². The average molecular weight is 387 g/mol. The molecule has 4 rings (SSSR count). The van der Waals surface area contributed by atoms with Crippen LogP contribution in [-0.2, 0) is 0 Å². The molecule has 0 aliphatic carbocycles. The van der Waals surface area contributed by atoms with E-state index in [-0.39, 0.29) is 5.91 Å². The molecule has 2 heterocycles. The lowest BCUT2D eigenvalue weighted by Crippen LogP contribution is -2.19. The number of hydrazone groups is 1. The molecule has 1 aliphatic heterocycles. The highest BCUT2D eigenvalue weighted by molar-refractivity contribution is 7.21. The first-order valence-corrected chi connectivity index (χ1v) is 9.24. The number of nitrogens with zero attached hydrogens (tertiary/aromatic N) is 1. The lowest BCUT2D eigenvalue weighted by Gasteiger charge is -2.18. The Labute approximate surface area is 159 Å².